The van der Waals surface area contributed by atoms with E-state index in [4.69, 9.17) is 11.2 Å². The maximum Gasteiger partial charge on any atom is 0.0635 e. The van der Waals surface area contributed by atoms with Crippen LogP contribution >= 0.6 is 0 Å². The van der Waals surface area contributed by atoms with Crippen LogP contribution in [0.2, 0.25) is 0 Å². The van der Waals surface area contributed by atoms with Crippen molar-refractivity contribution in [1.82, 2.24) is 5.32 Å². The molecule has 0 radical (unpaired) electrons. The van der Waals surface area contributed by atoms with Crippen molar-refractivity contribution in [3.05, 3.63) is 0 Å². The van der Waals surface area contributed by atoms with Crippen LogP contribution in [-0.2, 0) is 4.74 Å². The van der Waals surface area contributed by atoms with Crippen molar-refractivity contribution in [2.75, 3.05) is 19.8 Å². The summed E-state index contributed by atoms with van der Waals surface area (Å²) in [5, 5.41) is 13.5. The van der Waals surface area contributed by atoms with Gasteiger partial charge in [0.2, 0.25) is 0 Å². The van der Waals surface area contributed by atoms with Crippen molar-refractivity contribution in [2.45, 2.75) is 44.2 Å². The summed E-state index contributed by atoms with van der Waals surface area (Å²) in [6.07, 6.45) is 8.30. The van der Waals surface area contributed by atoms with Crippen molar-refractivity contribution < 1.29 is 9.84 Å². The molecule has 0 aromatic heterocycles. The molecule has 1 heterocycles. The summed E-state index contributed by atoms with van der Waals surface area (Å²) in [5.41, 5.74) is -0.630. The van der Waals surface area contributed by atoms with E-state index in [9.17, 15) is 5.11 Å². The Morgan fingerprint density at radius 2 is 2.47 bits per heavy atom. The number of morpholine rings is 1. The van der Waals surface area contributed by atoms with Gasteiger partial charge in [-0.3, -0.25) is 0 Å². The topological polar surface area (TPSA) is 41.5 Å². The Morgan fingerprint density at radius 3 is 3.07 bits per heavy atom. The molecule has 0 bridgehead atoms. The molecule has 0 amide bonds. The fourth-order valence-electron chi connectivity index (χ4n) is 1.96. The Balaban J connectivity index is 2.24. The van der Waals surface area contributed by atoms with Gasteiger partial charge in [-0.15, -0.1) is 12.3 Å². The summed E-state index contributed by atoms with van der Waals surface area (Å²) in [4.78, 5) is 0. The SMILES string of the molecule is C#CCCCC(C)(O)CC1COCCN1. The van der Waals surface area contributed by atoms with E-state index in [0.29, 0.717) is 6.61 Å². The summed E-state index contributed by atoms with van der Waals surface area (Å²) >= 11 is 0. The van der Waals surface area contributed by atoms with E-state index in [2.05, 4.69) is 11.2 Å². The van der Waals surface area contributed by atoms with Crippen molar-refractivity contribution in [1.29, 1.82) is 0 Å². The Labute approximate surface area is 92.2 Å². The van der Waals surface area contributed by atoms with Crippen molar-refractivity contribution in [3.8, 4) is 12.3 Å². The van der Waals surface area contributed by atoms with Gasteiger partial charge in [-0.1, -0.05) is 0 Å². The van der Waals surface area contributed by atoms with E-state index < -0.39 is 5.60 Å². The molecule has 2 N–H and O–H groups in total. The molecular weight excluding hydrogens is 190 g/mol. The lowest BCUT2D eigenvalue weighted by Crippen LogP contribution is -2.45. The molecular formula is C12H21NO2. The molecule has 0 saturated carbocycles. The monoisotopic (exact) mass is 211 g/mol. The molecule has 1 aliphatic rings. The second-order valence-electron chi connectivity index (χ2n) is 4.48. The molecule has 2 atom stereocenters. The zero-order valence-corrected chi connectivity index (χ0v) is 9.46. The third kappa shape index (κ3) is 5.17. The molecule has 15 heavy (non-hydrogen) atoms. The van der Waals surface area contributed by atoms with Gasteiger partial charge in [-0.05, 0) is 26.2 Å². The van der Waals surface area contributed by atoms with Crippen LogP contribution in [0.3, 0.4) is 0 Å². The number of terminal acetylenes is 1. The minimum absolute atomic E-state index is 0.277. The first-order valence-electron chi connectivity index (χ1n) is 5.61. The van der Waals surface area contributed by atoms with Crippen LogP contribution in [0.5, 0.6) is 0 Å². The Kier molecular flexibility index (Phi) is 5.10. The molecule has 0 aromatic carbocycles. The maximum atomic E-state index is 10.1. The van der Waals surface area contributed by atoms with E-state index in [1.807, 2.05) is 6.92 Å². The Hall–Kier alpha value is -0.560. The highest BCUT2D eigenvalue weighted by molar-refractivity contribution is 4.87. The van der Waals surface area contributed by atoms with Gasteiger partial charge >= 0.3 is 0 Å². The highest BCUT2D eigenvalue weighted by atomic mass is 16.5. The molecule has 3 heteroatoms. The highest BCUT2D eigenvalue weighted by Gasteiger charge is 2.26. The number of hydrogen-bond acceptors (Lipinski definition) is 3. The largest absolute Gasteiger partial charge is 0.390 e. The van der Waals surface area contributed by atoms with Crippen molar-refractivity contribution in [3.63, 3.8) is 0 Å². The van der Waals surface area contributed by atoms with E-state index in [1.165, 1.54) is 0 Å². The van der Waals surface area contributed by atoms with Gasteiger partial charge in [-0.2, -0.15) is 0 Å². The number of nitrogens with one attached hydrogen (secondary N) is 1. The fraction of sp³-hybridized carbons (Fsp3) is 0.833. The van der Waals surface area contributed by atoms with E-state index in [0.717, 1.165) is 38.8 Å². The first-order valence-corrected chi connectivity index (χ1v) is 5.61. The van der Waals surface area contributed by atoms with Gasteiger partial charge in [0.05, 0.1) is 18.8 Å². The number of unbranched alkanes of at least 4 members (excludes halogenated alkanes) is 1. The smallest absolute Gasteiger partial charge is 0.0635 e. The predicted molar refractivity (Wildman–Crippen MR) is 60.5 cm³/mol. The Morgan fingerprint density at radius 1 is 1.67 bits per heavy atom. The average molecular weight is 211 g/mol. The molecule has 0 aromatic rings. The molecule has 0 aliphatic carbocycles. The first-order chi connectivity index (χ1) is 7.14. The first kappa shape index (κ1) is 12.5. The van der Waals surface area contributed by atoms with Crippen LogP contribution in [-0.4, -0.2) is 36.5 Å². The lowest BCUT2D eigenvalue weighted by atomic mass is 9.91. The minimum Gasteiger partial charge on any atom is -0.390 e. The van der Waals surface area contributed by atoms with Crippen molar-refractivity contribution in [2.24, 2.45) is 0 Å². The Bertz CT molecular complexity index is 214. The van der Waals surface area contributed by atoms with E-state index in [1.54, 1.807) is 0 Å². The third-order valence-corrected chi connectivity index (χ3v) is 2.72. The number of hydrogen-bond donors (Lipinski definition) is 2. The summed E-state index contributed by atoms with van der Waals surface area (Å²) in [6, 6.07) is 0.277. The number of aliphatic hydroxyl groups is 1. The molecule has 1 saturated heterocycles. The lowest BCUT2D eigenvalue weighted by molar-refractivity contribution is 0.0000776. The van der Waals surface area contributed by atoms with Crippen LogP contribution in [0.25, 0.3) is 0 Å². The third-order valence-electron chi connectivity index (χ3n) is 2.72. The van der Waals surface area contributed by atoms with E-state index >= 15 is 0 Å². The standard InChI is InChI=1S/C12H21NO2/c1-3-4-5-6-12(2,14)9-11-10-15-8-7-13-11/h1,11,13-14H,4-10H2,2H3. The van der Waals surface area contributed by atoms with Crippen LogP contribution in [0, 0.1) is 12.3 Å². The second kappa shape index (κ2) is 6.12. The summed E-state index contributed by atoms with van der Waals surface area (Å²) in [5.74, 6) is 2.59. The zero-order valence-electron chi connectivity index (χ0n) is 9.46. The molecule has 86 valence electrons. The summed E-state index contributed by atoms with van der Waals surface area (Å²) in [6.45, 7) is 4.23. The van der Waals surface area contributed by atoms with Gasteiger partial charge in [-0.25, -0.2) is 0 Å². The summed E-state index contributed by atoms with van der Waals surface area (Å²) < 4.78 is 5.35. The molecule has 1 rings (SSSR count). The second-order valence-corrected chi connectivity index (χ2v) is 4.48. The quantitative estimate of drug-likeness (QED) is 0.525. The van der Waals surface area contributed by atoms with Gasteiger partial charge < -0.3 is 15.2 Å². The minimum atomic E-state index is -0.630. The highest BCUT2D eigenvalue weighted by Crippen LogP contribution is 2.20. The van der Waals surface area contributed by atoms with Crippen molar-refractivity contribution >= 4 is 0 Å². The number of ether oxygens (including phenoxy) is 1. The van der Waals surface area contributed by atoms with Crippen LogP contribution < -0.4 is 5.32 Å². The van der Waals surface area contributed by atoms with Gasteiger partial charge in [0.15, 0.2) is 0 Å². The number of rotatable bonds is 5. The predicted octanol–water partition coefficient (Wildman–Crippen LogP) is 0.919. The molecule has 1 aliphatic heterocycles. The van der Waals surface area contributed by atoms with Gasteiger partial charge in [0.1, 0.15) is 0 Å². The van der Waals surface area contributed by atoms with Crippen LogP contribution in [0.15, 0.2) is 0 Å². The van der Waals surface area contributed by atoms with Crippen LogP contribution in [0.1, 0.15) is 32.6 Å². The van der Waals surface area contributed by atoms with Gasteiger partial charge in [0, 0.05) is 19.0 Å². The molecule has 0 spiro atoms. The van der Waals surface area contributed by atoms with E-state index in [-0.39, 0.29) is 6.04 Å². The lowest BCUT2D eigenvalue weighted by Gasteiger charge is -2.31. The van der Waals surface area contributed by atoms with Crippen LogP contribution in [0.4, 0.5) is 0 Å². The maximum absolute atomic E-state index is 10.1. The summed E-state index contributed by atoms with van der Waals surface area (Å²) in [7, 11) is 0. The average Bonchev–Trinajstić information content (AvgIpc) is 2.18. The fourth-order valence-corrected chi connectivity index (χ4v) is 1.96. The zero-order chi connectivity index (χ0) is 11.1. The van der Waals surface area contributed by atoms with Gasteiger partial charge in [0.25, 0.3) is 0 Å². The molecule has 3 nitrogen and oxygen atoms in total. The molecule has 2 unspecified atom stereocenters. The molecule has 1 fully saturated rings. The normalized spacial score (nSPS) is 25.5.